The van der Waals surface area contributed by atoms with Crippen LogP contribution < -0.4 is 10.1 Å². The number of halogens is 3. The van der Waals surface area contributed by atoms with Gasteiger partial charge in [-0.2, -0.15) is 13.2 Å². The molecule has 0 radical (unpaired) electrons. The second-order valence-corrected chi connectivity index (χ2v) is 9.00. The zero-order valence-electron chi connectivity index (χ0n) is 18.5. The van der Waals surface area contributed by atoms with Crippen molar-refractivity contribution in [1.29, 1.82) is 0 Å². The normalized spacial score (nSPS) is 11.4. The lowest BCUT2D eigenvalue weighted by molar-refractivity contribution is -0.137. The number of amides is 1. The number of benzene rings is 2. The van der Waals surface area contributed by atoms with Gasteiger partial charge in [0.15, 0.2) is 16.1 Å². The minimum absolute atomic E-state index is 0.0592. The third-order valence-corrected chi connectivity index (χ3v) is 6.52. The van der Waals surface area contributed by atoms with Gasteiger partial charge in [0, 0.05) is 17.5 Å². The number of carbonyl (C=O) groups is 1. The van der Waals surface area contributed by atoms with Crippen LogP contribution in [0, 0.1) is 0 Å². The van der Waals surface area contributed by atoms with Gasteiger partial charge in [0.25, 0.3) is 0 Å². The summed E-state index contributed by atoms with van der Waals surface area (Å²) in [6.07, 6.45) is -4.45. The molecule has 4 rings (SSSR count). The molecule has 0 aliphatic carbocycles. The maximum atomic E-state index is 12.9. The Morgan fingerprint density at radius 1 is 1.14 bits per heavy atom. The molecule has 12 heteroatoms. The molecule has 2 heterocycles. The average Bonchev–Trinajstić information content (AvgIpc) is 3.48. The van der Waals surface area contributed by atoms with Crippen molar-refractivity contribution in [3.63, 3.8) is 0 Å². The van der Waals surface area contributed by atoms with Crippen molar-refractivity contribution in [2.45, 2.75) is 31.4 Å². The lowest BCUT2D eigenvalue weighted by atomic mass is 10.2. The fraction of sp³-hybridized carbons (Fsp3) is 0.217. The monoisotopic (exact) mass is 519 g/mol. The van der Waals surface area contributed by atoms with Crippen LogP contribution in [0.25, 0.3) is 11.3 Å². The van der Waals surface area contributed by atoms with E-state index in [1.54, 1.807) is 4.57 Å². The molecule has 2 aromatic carbocycles. The van der Waals surface area contributed by atoms with Gasteiger partial charge in [0.1, 0.15) is 12.4 Å². The summed E-state index contributed by atoms with van der Waals surface area (Å²) in [5, 5.41) is 13.8. The summed E-state index contributed by atoms with van der Waals surface area (Å²) < 4.78 is 46.0. The number of hydrogen-bond donors (Lipinski definition) is 1. The molecule has 0 unspecified atom stereocenters. The molecule has 0 aliphatic heterocycles. The molecule has 0 fully saturated rings. The summed E-state index contributed by atoms with van der Waals surface area (Å²) in [5.74, 6) is 0.376. The number of aromatic nitrogens is 4. The number of ether oxygens (including phenoxy) is 1. The molecule has 2 aromatic heterocycles. The molecule has 0 saturated heterocycles. The van der Waals surface area contributed by atoms with Gasteiger partial charge in [0.2, 0.25) is 5.91 Å². The minimum atomic E-state index is -4.45. The van der Waals surface area contributed by atoms with Gasteiger partial charge in [-0.25, -0.2) is 4.98 Å². The summed E-state index contributed by atoms with van der Waals surface area (Å²) in [6, 6.07) is 14.3. The van der Waals surface area contributed by atoms with Gasteiger partial charge in [-0.3, -0.25) is 4.79 Å². The Kier molecular flexibility index (Phi) is 7.71. The van der Waals surface area contributed by atoms with Crippen molar-refractivity contribution in [1.82, 2.24) is 19.7 Å². The molecule has 1 amide bonds. The van der Waals surface area contributed by atoms with Gasteiger partial charge in [0.05, 0.1) is 17.0 Å². The molecule has 0 spiro atoms. The topological polar surface area (TPSA) is 81.9 Å². The summed E-state index contributed by atoms with van der Waals surface area (Å²) >= 11 is 2.54. The molecule has 7 nitrogen and oxygen atoms in total. The van der Waals surface area contributed by atoms with Gasteiger partial charge in [-0.1, -0.05) is 48.2 Å². The van der Waals surface area contributed by atoms with Crippen LogP contribution in [0.2, 0.25) is 0 Å². The van der Waals surface area contributed by atoms with Crippen molar-refractivity contribution in [3.05, 3.63) is 71.4 Å². The van der Waals surface area contributed by atoms with E-state index >= 15 is 0 Å². The van der Waals surface area contributed by atoms with Gasteiger partial charge in [-0.15, -0.1) is 21.5 Å². The van der Waals surface area contributed by atoms with E-state index in [-0.39, 0.29) is 24.0 Å². The fourth-order valence-electron chi connectivity index (χ4n) is 3.12. The van der Waals surface area contributed by atoms with E-state index in [0.29, 0.717) is 22.7 Å². The summed E-state index contributed by atoms with van der Waals surface area (Å²) in [7, 11) is 0. The van der Waals surface area contributed by atoms with E-state index in [1.165, 1.54) is 35.2 Å². The fourth-order valence-corrected chi connectivity index (χ4v) is 4.68. The van der Waals surface area contributed by atoms with E-state index in [2.05, 4.69) is 20.5 Å². The number of carbonyl (C=O) groups excluding carboxylic acids is 1. The molecule has 0 saturated carbocycles. The first kappa shape index (κ1) is 24.7. The lowest BCUT2D eigenvalue weighted by Crippen LogP contribution is -2.14. The Balaban J connectivity index is 1.33. The number of rotatable bonds is 9. The van der Waals surface area contributed by atoms with Gasteiger partial charge >= 0.3 is 6.18 Å². The number of thioether (sulfide) groups is 1. The van der Waals surface area contributed by atoms with Crippen molar-refractivity contribution in [2.24, 2.45) is 0 Å². The van der Waals surface area contributed by atoms with Crippen molar-refractivity contribution in [2.75, 3.05) is 11.1 Å². The first-order valence-electron chi connectivity index (χ1n) is 10.5. The second kappa shape index (κ2) is 10.9. The van der Waals surface area contributed by atoms with E-state index in [4.69, 9.17) is 4.74 Å². The summed E-state index contributed by atoms with van der Waals surface area (Å²) in [5.41, 5.74) is 0.967. The molecule has 4 aromatic rings. The number of alkyl halides is 3. The van der Waals surface area contributed by atoms with E-state index in [1.807, 2.05) is 42.6 Å². The first-order valence-corrected chi connectivity index (χ1v) is 12.4. The van der Waals surface area contributed by atoms with Gasteiger partial charge < -0.3 is 14.6 Å². The summed E-state index contributed by atoms with van der Waals surface area (Å²) in [6.45, 7) is 2.32. The molecule has 0 aliphatic rings. The SMILES string of the molecule is CCn1c(COc2cccc(C(F)(F)F)c2)nnc1SCC(=O)Nc1nc(-c2ccccc2)cs1. The maximum Gasteiger partial charge on any atom is 0.416 e. The highest BCUT2D eigenvalue weighted by Gasteiger charge is 2.30. The zero-order valence-corrected chi connectivity index (χ0v) is 20.1. The molecule has 0 atom stereocenters. The van der Waals surface area contributed by atoms with Crippen LogP contribution in [0.15, 0.2) is 65.1 Å². The molecule has 182 valence electrons. The quantitative estimate of drug-likeness (QED) is 0.284. The lowest BCUT2D eigenvalue weighted by Gasteiger charge is -2.11. The predicted octanol–water partition coefficient (Wildman–Crippen LogP) is 5.75. The number of anilines is 1. The van der Waals surface area contributed by atoms with Crippen LogP contribution in [-0.2, 0) is 24.1 Å². The van der Waals surface area contributed by atoms with Crippen molar-refractivity contribution in [3.8, 4) is 17.0 Å². The number of nitrogens with one attached hydrogen (secondary N) is 1. The molecular formula is C23H20F3N5O2S2. The van der Waals surface area contributed by atoms with Crippen LogP contribution in [0.5, 0.6) is 5.75 Å². The Hall–Kier alpha value is -3.38. The highest BCUT2D eigenvalue weighted by atomic mass is 32.2. The Bertz CT molecular complexity index is 1290. The highest BCUT2D eigenvalue weighted by Crippen LogP contribution is 2.31. The van der Waals surface area contributed by atoms with Crippen LogP contribution >= 0.6 is 23.1 Å². The third kappa shape index (κ3) is 6.40. The minimum Gasteiger partial charge on any atom is -0.486 e. The third-order valence-electron chi connectivity index (χ3n) is 4.79. The largest absolute Gasteiger partial charge is 0.486 e. The Morgan fingerprint density at radius 3 is 2.69 bits per heavy atom. The highest BCUT2D eigenvalue weighted by molar-refractivity contribution is 7.99. The molecular weight excluding hydrogens is 499 g/mol. The zero-order chi connectivity index (χ0) is 24.8. The predicted molar refractivity (Wildman–Crippen MR) is 128 cm³/mol. The van der Waals surface area contributed by atoms with Crippen molar-refractivity contribution < 1.29 is 22.7 Å². The maximum absolute atomic E-state index is 12.9. The van der Waals surface area contributed by atoms with E-state index < -0.39 is 11.7 Å². The van der Waals surface area contributed by atoms with Crippen LogP contribution in [0.3, 0.4) is 0 Å². The second-order valence-electron chi connectivity index (χ2n) is 7.20. The molecule has 35 heavy (non-hydrogen) atoms. The van der Waals surface area contributed by atoms with E-state index in [0.717, 1.165) is 23.4 Å². The number of nitrogens with zero attached hydrogens (tertiary/aromatic N) is 4. The molecule has 1 N–H and O–H groups in total. The number of hydrogen-bond acceptors (Lipinski definition) is 7. The Labute approximate surface area is 207 Å². The first-order chi connectivity index (χ1) is 16.8. The average molecular weight is 520 g/mol. The standard InChI is InChI=1S/C23H20F3N5O2S2/c1-2-31-19(12-33-17-10-6-9-16(11-17)23(24,25)26)29-30-22(31)35-14-20(32)28-21-27-18(13-34-21)15-7-4-3-5-8-15/h3-11,13H,2,12,14H2,1H3,(H,27,28,32). The number of thiazole rings is 1. The summed E-state index contributed by atoms with van der Waals surface area (Å²) in [4.78, 5) is 16.9. The van der Waals surface area contributed by atoms with Crippen LogP contribution in [0.4, 0.5) is 18.3 Å². The molecule has 0 bridgehead atoms. The van der Waals surface area contributed by atoms with Crippen LogP contribution in [0.1, 0.15) is 18.3 Å². The van der Waals surface area contributed by atoms with E-state index in [9.17, 15) is 18.0 Å². The Morgan fingerprint density at radius 2 is 1.94 bits per heavy atom. The van der Waals surface area contributed by atoms with Crippen molar-refractivity contribution >= 4 is 34.1 Å². The smallest absolute Gasteiger partial charge is 0.416 e. The van der Waals surface area contributed by atoms with Gasteiger partial charge in [-0.05, 0) is 25.1 Å². The van der Waals surface area contributed by atoms with Crippen LogP contribution in [-0.4, -0.2) is 31.4 Å².